The summed E-state index contributed by atoms with van der Waals surface area (Å²) in [6.07, 6.45) is 1.11. The largest absolute Gasteiger partial charge is 0.325 e. The predicted molar refractivity (Wildman–Crippen MR) is 70.9 cm³/mol. The maximum atomic E-state index is 13.7. The van der Waals surface area contributed by atoms with E-state index in [1.165, 1.54) is 16.8 Å². The summed E-state index contributed by atoms with van der Waals surface area (Å²) in [4.78, 5) is 4.02. The Kier molecular flexibility index (Phi) is 3.15. The number of aromatic nitrogens is 3. The SMILES string of the molecule is NCc1nn(Cc2ccccc2F)c2ncc(F)cc12. The van der Waals surface area contributed by atoms with Gasteiger partial charge in [0.25, 0.3) is 0 Å². The van der Waals surface area contributed by atoms with Crippen molar-refractivity contribution in [1.82, 2.24) is 14.8 Å². The van der Waals surface area contributed by atoms with Gasteiger partial charge in [0.2, 0.25) is 0 Å². The molecule has 0 unspecified atom stereocenters. The Morgan fingerprint density at radius 3 is 2.75 bits per heavy atom. The van der Waals surface area contributed by atoms with Crippen LogP contribution in [0, 0.1) is 11.6 Å². The topological polar surface area (TPSA) is 56.7 Å². The van der Waals surface area contributed by atoms with E-state index in [1.54, 1.807) is 18.2 Å². The average Bonchev–Trinajstić information content (AvgIpc) is 2.78. The van der Waals surface area contributed by atoms with E-state index in [-0.39, 0.29) is 18.9 Å². The van der Waals surface area contributed by atoms with E-state index >= 15 is 0 Å². The van der Waals surface area contributed by atoms with Crippen molar-refractivity contribution in [1.29, 1.82) is 0 Å². The van der Waals surface area contributed by atoms with E-state index < -0.39 is 5.82 Å². The van der Waals surface area contributed by atoms with Crippen LogP contribution in [0.5, 0.6) is 0 Å². The number of halogens is 2. The molecule has 3 aromatic rings. The maximum absolute atomic E-state index is 13.7. The summed E-state index contributed by atoms with van der Waals surface area (Å²) < 4.78 is 28.5. The molecular weight excluding hydrogens is 262 g/mol. The van der Waals surface area contributed by atoms with E-state index in [0.717, 1.165) is 6.20 Å². The van der Waals surface area contributed by atoms with Crippen molar-refractivity contribution >= 4 is 11.0 Å². The molecule has 0 spiro atoms. The van der Waals surface area contributed by atoms with Crippen molar-refractivity contribution in [2.24, 2.45) is 5.73 Å². The van der Waals surface area contributed by atoms with Gasteiger partial charge >= 0.3 is 0 Å². The third kappa shape index (κ3) is 2.14. The summed E-state index contributed by atoms with van der Waals surface area (Å²) in [5.41, 5.74) is 7.13. The maximum Gasteiger partial charge on any atom is 0.158 e. The van der Waals surface area contributed by atoms with Crippen LogP contribution in [0.2, 0.25) is 0 Å². The summed E-state index contributed by atoms with van der Waals surface area (Å²) in [6.45, 7) is 0.397. The first-order chi connectivity index (χ1) is 9.69. The Morgan fingerprint density at radius 1 is 1.20 bits per heavy atom. The molecule has 6 heteroatoms. The standard InChI is InChI=1S/C14H12F2N4/c15-10-5-11-13(6-17)19-20(14(11)18-7-10)8-9-3-1-2-4-12(9)16/h1-5,7H,6,8,17H2. The van der Waals surface area contributed by atoms with Gasteiger partial charge in [-0.25, -0.2) is 18.4 Å². The van der Waals surface area contributed by atoms with Gasteiger partial charge in [0.05, 0.1) is 18.4 Å². The summed E-state index contributed by atoms with van der Waals surface area (Å²) in [5.74, 6) is -0.759. The van der Waals surface area contributed by atoms with Crippen LogP contribution in [0.15, 0.2) is 36.5 Å². The number of nitrogens with zero attached hydrogens (tertiary/aromatic N) is 3. The lowest BCUT2D eigenvalue weighted by Crippen LogP contribution is -2.06. The minimum Gasteiger partial charge on any atom is -0.325 e. The zero-order valence-corrected chi connectivity index (χ0v) is 10.6. The number of pyridine rings is 1. The molecule has 102 valence electrons. The molecule has 0 aliphatic rings. The Labute approximate surface area is 113 Å². The van der Waals surface area contributed by atoms with Crippen LogP contribution in [0.25, 0.3) is 11.0 Å². The van der Waals surface area contributed by atoms with Crippen molar-refractivity contribution in [2.75, 3.05) is 0 Å². The number of nitrogens with two attached hydrogens (primary N) is 1. The predicted octanol–water partition coefficient (Wildman–Crippen LogP) is 2.22. The molecule has 2 heterocycles. The molecule has 0 amide bonds. The molecule has 0 aliphatic carbocycles. The van der Waals surface area contributed by atoms with Crippen LogP contribution in [-0.2, 0) is 13.1 Å². The first kappa shape index (κ1) is 12.7. The van der Waals surface area contributed by atoms with Crippen molar-refractivity contribution in [2.45, 2.75) is 13.1 Å². The Hall–Kier alpha value is -2.34. The van der Waals surface area contributed by atoms with Gasteiger partial charge in [-0.15, -0.1) is 0 Å². The number of hydrogen-bond donors (Lipinski definition) is 1. The zero-order valence-electron chi connectivity index (χ0n) is 10.6. The van der Waals surface area contributed by atoms with Crippen LogP contribution in [0.4, 0.5) is 8.78 Å². The second-order valence-corrected chi connectivity index (χ2v) is 4.42. The lowest BCUT2D eigenvalue weighted by Gasteiger charge is -2.04. The smallest absolute Gasteiger partial charge is 0.158 e. The van der Waals surface area contributed by atoms with Gasteiger partial charge in [-0.1, -0.05) is 18.2 Å². The molecular formula is C14H12F2N4. The van der Waals surface area contributed by atoms with Gasteiger partial charge in [0, 0.05) is 17.5 Å². The zero-order chi connectivity index (χ0) is 14.1. The normalized spacial score (nSPS) is 11.2. The highest BCUT2D eigenvalue weighted by Crippen LogP contribution is 2.19. The molecule has 0 radical (unpaired) electrons. The Morgan fingerprint density at radius 2 is 2.00 bits per heavy atom. The second-order valence-electron chi connectivity index (χ2n) is 4.42. The van der Waals surface area contributed by atoms with Gasteiger partial charge in [-0.3, -0.25) is 0 Å². The van der Waals surface area contributed by atoms with Crippen LogP contribution >= 0.6 is 0 Å². The fourth-order valence-corrected chi connectivity index (χ4v) is 2.15. The molecule has 1 aromatic carbocycles. The van der Waals surface area contributed by atoms with Crippen LogP contribution < -0.4 is 5.73 Å². The van der Waals surface area contributed by atoms with Crippen molar-refractivity contribution in [3.05, 3.63) is 59.4 Å². The third-order valence-electron chi connectivity index (χ3n) is 3.10. The number of fused-ring (bicyclic) bond motifs is 1. The van der Waals surface area contributed by atoms with Gasteiger partial charge in [0.1, 0.15) is 11.6 Å². The molecule has 2 N–H and O–H groups in total. The van der Waals surface area contributed by atoms with Crippen molar-refractivity contribution in [3.63, 3.8) is 0 Å². The van der Waals surface area contributed by atoms with Gasteiger partial charge < -0.3 is 5.73 Å². The highest BCUT2D eigenvalue weighted by atomic mass is 19.1. The number of rotatable bonds is 3. The lowest BCUT2D eigenvalue weighted by atomic mass is 10.2. The summed E-state index contributed by atoms with van der Waals surface area (Å²) >= 11 is 0. The molecule has 0 aliphatic heterocycles. The Balaban J connectivity index is 2.10. The second kappa shape index (κ2) is 4.97. The molecule has 4 nitrogen and oxygen atoms in total. The molecule has 0 saturated heterocycles. The van der Waals surface area contributed by atoms with Crippen LogP contribution in [0.3, 0.4) is 0 Å². The van der Waals surface area contributed by atoms with Gasteiger partial charge in [0.15, 0.2) is 5.65 Å². The van der Waals surface area contributed by atoms with E-state index in [9.17, 15) is 8.78 Å². The first-order valence-corrected chi connectivity index (χ1v) is 6.13. The van der Waals surface area contributed by atoms with Gasteiger partial charge in [-0.2, -0.15) is 5.10 Å². The third-order valence-corrected chi connectivity index (χ3v) is 3.10. The van der Waals surface area contributed by atoms with Gasteiger partial charge in [-0.05, 0) is 12.1 Å². The molecule has 0 atom stereocenters. The highest BCUT2D eigenvalue weighted by Gasteiger charge is 2.13. The molecule has 2 aromatic heterocycles. The average molecular weight is 274 g/mol. The van der Waals surface area contributed by atoms with E-state index in [2.05, 4.69) is 10.1 Å². The minimum atomic E-state index is -0.447. The van der Waals surface area contributed by atoms with Crippen LogP contribution in [-0.4, -0.2) is 14.8 Å². The van der Waals surface area contributed by atoms with Crippen molar-refractivity contribution < 1.29 is 8.78 Å². The molecule has 0 saturated carbocycles. The highest BCUT2D eigenvalue weighted by molar-refractivity contribution is 5.78. The summed E-state index contributed by atoms with van der Waals surface area (Å²) in [5, 5.41) is 4.84. The van der Waals surface area contributed by atoms with E-state index in [4.69, 9.17) is 5.73 Å². The Bertz CT molecular complexity index is 767. The number of benzene rings is 1. The quantitative estimate of drug-likeness (QED) is 0.796. The summed E-state index contributed by atoms with van der Waals surface area (Å²) in [6, 6.07) is 7.78. The molecule has 0 bridgehead atoms. The monoisotopic (exact) mass is 274 g/mol. The molecule has 3 rings (SSSR count). The fraction of sp³-hybridized carbons (Fsp3) is 0.143. The van der Waals surface area contributed by atoms with E-state index in [0.29, 0.717) is 22.3 Å². The fourth-order valence-electron chi connectivity index (χ4n) is 2.15. The lowest BCUT2D eigenvalue weighted by molar-refractivity contribution is 0.586. The van der Waals surface area contributed by atoms with Crippen molar-refractivity contribution in [3.8, 4) is 0 Å². The molecule has 20 heavy (non-hydrogen) atoms. The molecule has 0 fully saturated rings. The summed E-state index contributed by atoms with van der Waals surface area (Å²) in [7, 11) is 0. The van der Waals surface area contributed by atoms with E-state index in [1.807, 2.05) is 0 Å². The minimum absolute atomic E-state index is 0.173. The number of hydrogen-bond acceptors (Lipinski definition) is 3. The van der Waals surface area contributed by atoms with Crippen LogP contribution in [0.1, 0.15) is 11.3 Å². The first-order valence-electron chi connectivity index (χ1n) is 6.13.